The van der Waals surface area contributed by atoms with E-state index in [0.717, 1.165) is 44.9 Å². The number of nitrogens with one attached hydrogen (secondary N) is 3. The zero-order chi connectivity index (χ0) is 32.0. The molecule has 3 aliphatic carbocycles. The van der Waals surface area contributed by atoms with Crippen molar-refractivity contribution in [2.75, 3.05) is 18.4 Å². The molecule has 45 heavy (non-hydrogen) atoms. The van der Waals surface area contributed by atoms with Gasteiger partial charge in [-0.3, -0.25) is 23.9 Å². The van der Waals surface area contributed by atoms with Gasteiger partial charge in [0.2, 0.25) is 11.8 Å². The van der Waals surface area contributed by atoms with Gasteiger partial charge in [-0.05, 0) is 85.0 Å². The highest BCUT2D eigenvalue weighted by Gasteiger charge is 2.55. The maximum Gasteiger partial charge on any atom is 0.270 e. The van der Waals surface area contributed by atoms with Crippen LogP contribution in [0.15, 0.2) is 36.5 Å². The third kappa shape index (κ3) is 5.88. The topological polar surface area (TPSA) is 125 Å². The van der Waals surface area contributed by atoms with E-state index >= 15 is 0 Å². The van der Waals surface area contributed by atoms with Crippen LogP contribution in [0.1, 0.15) is 101 Å². The fourth-order valence-corrected chi connectivity index (χ4v) is 8.09. The van der Waals surface area contributed by atoms with Crippen LogP contribution >= 0.6 is 0 Å². The Labute approximate surface area is 266 Å². The lowest BCUT2D eigenvalue weighted by molar-refractivity contribution is -0.144. The third-order valence-electron chi connectivity index (χ3n) is 11.5. The minimum Gasteiger partial charge on any atom is -0.353 e. The number of aryl methyl sites for hydroxylation is 1. The van der Waals surface area contributed by atoms with Gasteiger partial charge >= 0.3 is 0 Å². The molecule has 1 aliphatic heterocycles. The van der Waals surface area contributed by atoms with E-state index in [-0.39, 0.29) is 40.4 Å². The smallest absolute Gasteiger partial charge is 0.270 e. The molecule has 2 unspecified atom stereocenters. The Morgan fingerprint density at radius 1 is 1.00 bits per heavy atom. The molecule has 2 heterocycles. The van der Waals surface area contributed by atoms with Crippen molar-refractivity contribution in [1.29, 1.82) is 0 Å². The van der Waals surface area contributed by atoms with Gasteiger partial charge in [-0.25, -0.2) is 0 Å². The monoisotopic (exact) mass is 616 g/mol. The highest BCUT2D eigenvalue weighted by molar-refractivity contribution is 6.01. The van der Waals surface area contributed by atoms with Gasteiger partial charge in [-0.1, -0.05) is 51.7 Å². The summed E-state index contributed by atoms with van der Waals surface area (Å²) >= 11 is 0. The fourth-order valence-electron chi connectivity index (χ4n) is 8.09. The van der Waals surface area contributed by atoms with Gasteiger partial charge in [0.15, 0.2) is 0 Å². The molecule has 0 bridgehead atoms. The van der Waals surface area contributed by atoms with Gasteiger partial charge < -0.3 is 20.9 Å². The molecule has 1 aromatic carbocycles. The van der Waals surface area contributed by atoms with E-state index in [1.165, 1.54) is 18.0 Å². The predicted molar refractivity (Wildman–Crippen MR) is 171 cm³/mol. The molecule has 0 spiro atoms. The average molecular weight is 617 g/mol. The molecule has 3 atom stereocenters. The number of carbonyl (C=O) groups is 4. The van der Waals surface area contributed by atoms with Crippen LogP contribution in [0.3, 0.4) is 0 Å². The molecule has 4 amide bonds. The lowest BCUT2D eigenvalue weighted by Crippen LogP contribution is -2.56. The molecule has 1 aromatic heterocycles. The van der Waals surface area contributed by atoms with Gasteiger partial charge in [0.25, 0.3) is 11.8 Å². The Bertz CT molecular complexity index is 1470. The fraction of sp³-hybridized carbons (Fsp3) is 0.629. The number of hydrogen-bond acceptors (Lipinski definition) is 5. The molecular weight excluding hydrogens is 568 g/mol. The predicted octanol–water partition coefficient (Wildman–Crippen LogP) is 4.52. The van der Waals surface area contributed by atoms with Crippen LogP contribution < -0.4 is 16.0 Å². The Balaban J connectivity index is 1.29. The van der Waals surface area contributed by atoms with Crippen molar-refractivity contribution in [3.63, 3.8) is 0 Å². The maximum atomic E-state index is 14.2. The number of amides is 4. The minimum atomic E-state index is -1.14. The first-order valence-electron chi connectivity index (χ1n) is 16.7. The molecule has 10 heteroatoms. The number of aromatic nitrogens is 2. The van der Waals surface area contributed by atoms with E-state index in [0.29, 0.717) is 48.8 Å². The molecule has 3 N–H and O–H groups in total. The first kappa shape index (κ1) is 31.3. The number of hydrogen-bond donors (Lipinski definition) is 3. The molecular formula is C35H48N6O4. The van der Waals surface area contributed by atoms with Crippen LogP contribution in [0.2, 0.25) is 0 Å². The second-order valence-electron chi connectivity index (χ2n) is 14.7. The van der Waals surface area contributed by atoms with Gasteiger partial charge in [0.05, 0.1) is 0 Å². The van der Waals surface area contributed by atoms with Gasteiger partial charge in [0.1, 0.15) is 17.3 Å². The first-order valence-corrected chi connectivity index (χ1v) is 16.7. The van der Waals surface area contributed by atoms with E-state index in [4.69, 9.17) is 0 Å². The standard InChI is InChI=1S/C35H48N6O4/c1-23(42)41-20-8-16-35(41,32(45)36-22-33(2)14-7-15-33)25-11-6-12-26(21-25)38-31(44)29(39-30(43)27-13-19-37-40(27)4)28(24-9-5-10-24)34(3)17-18-34/h6,11-13,19,21,24,28-29H,5,7-10,14-18,20,22H2,1-4H3,(H,36,45)(H,38,44)(H,39,43)/t28?,29-,35?/m0/s1. The number of nitrogens with zero attached hydrogens (tertiary/aromatic N) is 3. The zero-order valence-corrected chi connectivity index (χ0v) is 27.2. The summed E-state index contributed by atoms with van der Waals surface area (Å²) in [6, 6.07) is 8.29. The zero-order valence-electron chi connectivity index (χ0n) is 27.2. The van der Waals surface area contributed by atoms with E-state index in [1.54, 1.807) is 24.2 Å². The lowest BCUT2D eigenvalue weighted by Gasteiger charge is -2.42. The van der Waals surface area contributed by atoms with Crippen LogP contribution in [-0.2, 0) is 27.0 Å². The van der Waals surface area contributed by atoms with Crippen molar-refractivity contribution in [2.45, 2.75) is 96.6 Å². The van der Waals surface area contributed by atoms with Crippen LogP contribution in [-0.4, -0.2) is 57.4 Å². The number of rotatable bonds is 11. The Morgan fingerprint density at radius 2 is 1.76 bits per heavy atom. The summed E-state index contributed by atoms with van der Waals surface area (Å²) in [5.74, 6) is -0.515. The maximum absolute atomic E-state index is 14.2. The summed E-state index contributed by atoms with van der Waals surface area (Å²) in [5, 5.41) is 13.6. The largest absolute Gasteiger partial charge is 0.353 e. The second kappa shape index (κ2) is 11.9. The summed E-state index contributed by atoms with van der Waals surface area (Å²) < 4.78 is 1.52. The van der Waals surface area contributed by atoms with E-state index in [1.807, 2.05) is 24.3 Å². The summed E-state index contributed by atoms with van der Waals surface area (Å²) in [7, 11) is 1.72. The molecule has 242 valence electrons. The van der Waals surface area contributed by atoms with Crippen molar-refractivity contribution in [2.24, 2.45) is 29.7 Å². The molecule has 4 fully saturated rings. The second-order valence-corrected chi connectivity index (χ2v) is 14.7. The summed E-state index contributed by atoms with van der Waals surface area (Å²) in [6.07, 6.45) is 11.4. The summed E-state index contributed by atoms with van der Waals surface area (Å²) in [4.78, 5) is 56.3. The highest BCUT2D eigenvalue weighted by Crippen LogP contribution is 2.58. The van der Waals surface area contributed by atoms with Crippen molar-refractivity contribution in [1.82, 2.24) is 25.3 Å². The third-order valence-corrected chi connectivity index (χ3v) is 11.5. The van der Waals surface area contributed by atoms with Crippen molar-refractivity contribution < 1.29 is 19.2 Å². The van der Waals surface area contributed by atoms with Crippen LogP contribution in [0, 0.1) is 22.7 Å². The molecule has 0 radical (unpaired) electrons. The average Bonchev–Trinajstić information content (AvgIpc) is 3.34. The first-order chi connectivity index (χ1) is 21.5. The van der Waals surface area contributed by atoms with Gasteiger partial charge in [-0.15, -0.1) is 0 Å². The Hall–Kier alpha value is -3.69. The van der Waals surface area contributed by atoms with E-state index < -0.39 is 11.6 Å². The van der Waals surface area contributed by atoms with Crippen LogP contribution in [0.5, 0.6) is 0 Å². The highest BCUT2D eigenvalue weighted by atomic mass is 16.2. The van der Waals surface area contributed by atoms with E-state index in [9.17, 15) is 19.2 Å². The van der Waals surface area contributed by atoms with Crippen LogP contribution in [0.4, 0.5) is 5.69 Å². The molecule has 2 aromatic rings. The Morgan fingerprint density at radius 3 is 2.33 bits per heavy atom. The Kier molecular flexibility index (Phi) is 8.29. The number of anilines is 1. The summed E-state index contributed by atoms with van der Waals surface area (Å²) in [6.45, 7) is 7.02. The van der Waals surface area contributed by atoms with Crippen molar-refractivity contribution in [3.8, 4) is 0 Å². The SMILES string of the molecule is CC(=O)N1CCCC1(C(=O)NCC1(C)CCC1)c1cccc(NC(=O)[C@@H](NC(=O)c2ccnn2C)C(C2CCC2)C2(C)CC2)c1. The van der Waals surface area contributed by atoms with E-state index in [2.05, 4.69) is 34.9 Å². The van der Waals surface area contributed by atoms with Crippen LogP contribution in [0.25, 0.3) is 0 Å². The van der Waals surface area contributed by atoms with Gasteiger partial charge in [-0.2, -0.15) is 5.10 Å². The number of likely N-dealkylation sites (tertiary alicyclic amines) is 1. The van der Waals surface area contributed by atoms with Crippen molar-refractivity contribution in [3.05, 3.63) is 47.8 Å². The quantitative estimate of drug-likeness (QED) is 0.343. The number of carbonyl (C=O) groups excluding carboxylic acids is 4. The minimum absolute atomic E-state index is 0.000257. The molecule has 4 aliphatic rings. The van der Waals surface area contributed by atoms with Gasteiger partial charge in [0, 0.05) is 38.9 Å². The summed E-state index contributed by atoms with van der Waals surface area (Å²) in [5.41, 5.74) is 0.576. The number of benzene rings is 1. The lowest BCUT2D eigenvalue weighted by atomic mass is 9.66. The molecule has 1 saturated heterocycles. The molecule has 6 rings (SSSR count). The normalized spacial score (nSPS) is 24.5. The molecule has 10 nitrogen and oxygen atoms in total. The van der Waals surface area contributed by atoms with Crippen molar-refractivity contribution >= 4 is 29.3 Å². The molecule has 3 saturated carbocycles.